The molecule has 1 atom stereocenters. The van der Waals surface area contributed by atoms with E-state index in [1.54, 1.807) is 0 Å². The Kier molecular flexibility index (Phi) is 12.8. The Bertz CT molecular complexity index is 1780. The number of carbonyl (C=O) groups excluding carboxylic acids is 1. The number of carbonyl (C=O) groups is 1. The van der Waals surface area contributed by atoms with E-state index in [1.165, 1.54) is 16.7 Å². The van der Waals surface area contributed by atoms with Gasteiger partial charge in [0, 0.05) is 19.5 Å². The van der Waals surface area contributed by atoms with Gasteiger partial charge in [-0.3, -0.25) is 9.69 Å². The average Bonchev–Trinajstić information content (AvgIpc) is 3.16. The van der Waals surface area contributed by atoms with Gasteiger partial charge in [0.25, 0.3) is 0 Å². The molecule has 0 aliphatic carbocycles. The van der Waals surface area contributed by atoms with Crippen LogP contribution in [0.5, 0.6) is 5.75 Å². The molecule has 1 heterocycles. The van der Waals surface area contributed by atoms with Crippen LogP contribution in [0.2, 0.25) is 10.0 Å². The summed E-state index contributed by atoms with van der Waals surface area (Å²) in [6.45, 7) is 6.59. The number of halogens is 2. The lowest BCUT2D eigenvalue weighted by atomic mass is 9.74. The number of hydrogen-bond donors (Lipinski definition) is 0. The molecule has 1 aliphatic rings. The fraction of sp³-hybridized carbons (Fsp3) is 0.326. The number of benzene rings is 5. The van der Waals surface area contributed by atoms with Crippen molar-refractivity contribution in [3.8, 4) is 5.75 Å². The monoisotopic (exact) mass is 732 g/mol. The van der Waals surface area contributed by atoms with E-state index in [4.69, 9.17) is 27.9 Å². The number of rotatable bonds is 14. The summed E-state index contributed by atoms with van der Waals surface area (Å²) in [5.41, 5.74) is 5.55. The minimum Gasteiger partial charge on any atom is -0.491 e. The van der Waals surface area contributed by atoms with Crippen LogP contribution in [-0.2, 0) is 16.8 Å². The van der Waals surface area contributed by atoms with Gasteiger partial charge in [-0.1, -0.05) is 132 Å². The van der Waals surface area contributed by atoms with Crippen molar-refractivity contribution in [3.63, 3.8) is 0 Å². The Morgan fingerprint density at radius 1 is 0.769 bits per heavy atom. The molecular weight excluding hydrogens is 683 g/mol. The predicted octanol–water partition coefficient (Wildman–Crippen LogP) is 11.0. The molecule has 1 amide bonds. The molecular formula is C46H50Cl2N2O2. The molecule has 4 nitrogen and oxygen atoms in total. The lowest BCUT2D eigenvalue weighted by molar-refractivity contribution is -0.129. The molecule has 0 saturated carbocycles. The Morgan fingerprint density at radius 2 is 1.35 bits per heavy atom. The van der Waals surface area contributed by atoms with Gasteiger partial charge in [0.05, 0.1) is 28.1 Å². The maximum absolute atomic E-state index is 13.6. The third-order valence-electron chi connectivity index (χ3n) is 10.5. The van der Waals surface area contributed by atoms with E-state index in [2.05, 4.69) is 102 Å². The lowest BCUT2D eigenvalue weighted by Crippen LogP contribution is -2.51. The van der Waals surface area contributed by atoms with Crippen LogP contribution in [0.15, 0.2) is 133 Å². The smallest absolute Gasteiger partial charge is 0.226 e. The number of likely N-dealkylation sites (N-methyl/N-ethyl adjacent to an activating group) is 1. The molecule has 6 heteroatoms. The van der Waals surface area contributed by atoms with Gasteiger partial charge in [0.1, 0.15) is 5.75 Å². The second-order valence-electron chi connectivity index (χ2n) is 14.5. The van der Waals surface area contributed by atoms with Gasteiger partial charge in [-0.25, -0.2) is 0 Å². The van der Waals surface area contributed by atoms with Crippen LogP contribution in [-0.4, -0.2) is 48.5 Å². The highest BCUT2D eigenvalue weighted by Crippen LogP contribution is 2.45. The Morgan fingerprint density at radius 3 is 1.88 bits per heavy atom. The molecule has 1 aliphatic heterocycles. The summed E-state index contributed by atoms with van der Waals surface area (Å²) in [5, 5.41) is 1.09. The van der Waals surface area contributed by atoms with Crippen molar-refractivity contribution in [2.45, 2.75) is 63.5 Å². The normalized spacial score (nSPS) is 14.7. The maximum atomic E-state index is 13.6. The number of nitrogens with zero attached hydrogens (tertiary/aromatic N) is 2. The molecule has 0 N–H and O–H groups in total. The molecule has 1 saturated heterocycles. The van der Waals surface area contributed by atoms with Crippen LogP contribution in [0.4, 0.5) is 0 Å². The molecule has 6 rings (SSSR count). The standard InChI is InChI=1S/C46H50Cl2N2O2/c1-34(2)52-42-21-13-14-36(30-42)31-45(51)49(3)33-38(37-24-25-43(47)44(48)32-37)23-22-35-26-28-50(29-27-35)46(39-15-7-4-8-16-39,40-17-9-5-10-18-40)41-19-11-6-12-20-41/h4-21,24-25,30,32,34-35,38H,22-23,26-29,31,33H2,1-3H3. The van der Waals surface area contributed by atoms with Gasteiger partial charge in [-0.2, -0.15) is 0 Å². The Balaban J connectivity index is 1.18. The second-order valence-corrected chi connectivity index (χ2v) is 15.3. The second kappa shape index (κ2) is 17.6. The van der Waals surface area contributed by atoms with Crippen molar-refractivity contribution < 1.29 is 9.53 Å². The van der Waals surface area contributed by atoms with E-state index in [0.29, 0.717) is 28.9 Å². The number of amides is 1. The van der Waals surface area contributed by atoms with Gasteiger partial charge in [0.15, 0.2) is 0 Å². The number of likely N-dealkylation sites (tertiary alicyclic amines) is 1. The van der Waals surface area contributed by atoms with E-state index in [9.17, 15) is 4.79 Å². The minimum absolute atomic E-state index is 0.0759. The van der Waals surface area contributed by atoms with Crippen molar-refractivity contribution >= 4 is 29.1 Å². The predicted molar refractivity (Wildman–Crippen MR) is 215 cm³/mol. The zero-order valence-corrected chi connectivity index (χ0v) is 32.1. The summed E-state index contributed by atoms with van der Waals surface area (Å²) in [4.78, 5) is 18.1. The first-order valence-corrected chi connectivity index (χ1v) is 19.4. The minimum atomic E-state index is -0.388. The summed E-state index contributed by atoms with van der Waals surface area (Å²) >= 11 is 12.9. The van der Waals surface area contributed by atoms with E-state index in [-0.39, 0.29) is 23.5 Å². The molecule has 5 aromatic carbocycles. The molecule has 1 fully saturated rings. The largest absolute Gasteiger partial charge is 0.491 e. The average molecular weight is 734 g/mol. The van der Waals surface area contributed by atoms with Crippen LogP contribution < -0.4 is 4.74 Å². The molecule has 5 aromatic rings. The number of ether oxygens (including phenoxy) is 1. The molecule has 0 aromatic heterocycles. The lowest BCUT2D eigenvalue weighted by Gasteiger charge is -2.48. The Labute approximate surface area is 320 Å². The molecule has 270 valence electrons. The highest BCUT2D eigenvalue weighted by atomic mass is 35.5. The topological polar surface area (TPSA) is 32.8 Å². The van der Waals surface area contributed by atoms with Gasteiger partial charge < -0.3 is 9.64 Å². The van der Waals surface area contributed by atoms with Crippen molar-refractivity contribution in [2.24, 2.45) is 5.92 Å². The summed E-state index contributed by atoms with van der Waals surface area (Å²) in [5.74, 6) is 1.58. The molecule has 0 bridgehead atoms. The van der Waals surface area contributed by atoms with Crippen molar-refractivity contribution in [1.82, 2.24) is 9.80 Å². The first-order valence-electron chi connectivity index (χ1n) is 18.6. The van der Waals surface area contributed by atoms with Crippen molar-refractivity contribution in [1.29, 1.82) is 0 Å². The highest BCUT2D eigenvalue weighted by Gasteiger charge is 2.43. The van der Waals surface area contributed by atoms with Gasteiger partial charge in [-0.15, -0.1) is 0 Å². The van der Waals surface area contributed by atoms with Crippen molar-refractivity contribution in [3.05, 3.63) is 171 Å². The van der Waals surface area contributed by atoms with E-state index >= 15 is 0 Å². The van der Waals surface area contributed by atoms with Gasteiger partial charge in [0.2, 0.25) is 5.91 Å². The van der Waals surface area contributed by atoms with Crippen LogP contribution >= 0.6 is 23.2 Å². The zero-order valence-electron chi connectivity index (χ0n) is 30.6. The summed E-state index contributed by atoms with van der Waals surface area (Å²) < 4.78 is 5.87. The number of piperidine rings is 1. The van der Waals surface area contributed by atoms with E-state index in [1.807, 2.05) is 62.2 Å². The van der Waals surface area contributed by atoms with Gasteiger partial charge >= 0.3 is 0 Å². The first kappa shape index (κ1) is 37.7. The van der Waals surface area contributed by atoms with Crippen LogP contribution in [0.3, 0.4) is 0 Å². The summed E-state index contributed by atoms with van der Waals surface area (Å²) in [7, 11) is 1.91. The summed E-state index contributed by atoms with van der Waals surface area (Å²) in [6.07, 6.45) is 4.64. The molecule has 0 spiro atoms. The summed E-state index contributed by atoms with van der Waals surface area (Å²) in [6, 6.07) is 46.7. The fourth-order valence-electron chi connectivity index (χ4n) is 7.95. The van der Waals surface area contributed by atoms with Gasteiger partial charge in [-0.05, 0) is 111 Å². The van der Waals surface area contributed by atoms with Crippen LogP contribution in [0, 0.1) is 5.92 Å². The zero-order chi connectivity index (χ0) is 36.5. The third-order valence-corrected chi connectivity index (χ3v) is 11.3. The Hall–Kier alpha value is -4.09. The molecule has 0 radical (unpaired) electrons. The van der Waals surface area contributed by atoms with E-state index in [0.717, 1.165) is 55.6 Å². The van der Waals surface area contributed by atoms with Crippen LogP contribution in [0.1, 0.15) is 73.3 Å². The van der Waals surface area contributed by atoms with Crippen LogP contribution in [0.25, 0.3) is 0 Å². The van der Waals surface area contributed by atoms with E-state index < -0.39 is 0 Å². The maximum Gasteiger partial charge on any atom is 0.226 e. The third kappa shape index (κ3) is 8.92. The first-order chi connectivity index (χ1) is 25.2. The van der Waals surface area contributed by atoms with Crippen molar-refractivity contribution in [2.75, 3.05) is 26.7 Å². The highest BCUT2D eigenvalue weighted by molar-refractivity contribution is 6.42. The SMILES string of the molecule is CC(C)Oc1cccc(CC(=O)N(C)CC(CCC2CCN(C(c3ccccc3)(c3ccccc3)c3ccccc3)CC2)c2ccc(Cl)c(Cl)c2)c1. The fourth-order valence-corrected chi connectivity index (χ4v) is 8.26. The molecule has 52 heavy (non-hydrogen) atoms. The number of hydrogen-bond acceptors (Lipinski definition) is 3. The quantitative estimate of drug-likeness (QED) is 0.107. The molecule has 1 unspecified atom stereocenters.